The van der Waals surface area contributed by atoms with E-state index in [-0.39, 0.29) is 5.54 Å². The zero-order chi connectivity index (χ0) is 11.8. The second-order valence-electron chi connectivity index (χ2n) is 5.34. The van der Waals surface area contributed by atoms with Crippen molar-refractivity contribution < 1.29 is 0 Å². The first kappa shape index (κ1) is 16.4. The summed E-state index contributed by atoms with van der Waals surface area (Å²) in [6, 6.07) is 0. The fourth-order valence-corrected chi connectivity index (χ4v) is 0.750. The zero-order valence-electron chi connectivity index (χ0n) is 11.4. The topological polar surface area (TPSA) is 26.0 Å². The molecule has 0 heterocycles. The smallest absolute Gasteiger partial charge is 0.0146 e. The maximum atomic E-state index is 5.90. The van der Waals surface area contributed by atoms with E-state index in [2.05, 4.69) is 48.5 Å². The van der Waals surface area contributed by atoms with Crippen LogP contribution in [0.3, 0.4) is 0 Å². The lowest BCUT2D eigenvalue weighted by molar-refractivity contribution is 0.383. The molecule has 0 aromatic heterocycles. The Balaban J connectivity index is 0. The van der Waals surface area contributed by atoms with Gasteiger partial charge >= 0.3 is 0 Å². The molecule has 0 saturated heterocycles. The van der Waals surface area contributed by atoms with Crippen molar-refractivity contribution in [2.24, 2.45) is 11.1 Å². The van der Waals surface area contributed by atoms with Gasteiger partial charge in [-0.1, -0.05) is 54.9 Å². The van der Waals surface area contributed by atoms with Crippen molar-refractivity contribution in [2.75, 3.05) is 0 Å². The second-order valence-corrected chi connectivity index (χ2v) is 5.34. The molecule has 0 aromatic rings. The van der Waals surface area contributed by atoms with Crippen LogP contribution in [0.4, 0.5) is 0 Å². The molecule has 2 N–H and O–H groups in total. The van der Waals surface area contributed by atoms with E-state index in [1.165, 1.54) is 6.42 Å². The lowest BCUT2D eigenvalue weighted by atomic mass is 9.92. The van der Waals surface area contributed by atoms with Crippen LogP contribution < -0.4 is 5.73 Å². The first-order valence-electron chi connectivity index (χ1n) is 6.03. The highest BCUT2D eigenvalue weighted by Crippen LogP contribution is 2.16. The minimum Gasteiger partial charge on any atom is -0.325 e. The van der Waals surface area contributed by atoms with E-state index in [1.54, 1.807) is 0 Å². The maximum Gasteiger partial charge on any atom is 0.0146 e. The van der Waals surface area contributed by atoms with Crippen molar-refractivity contribution in [3.63, 3.8) is 0 Å². The van der Waals surface area contributed by atoms with Gasteiger partial charge in [-0.2, -0.15) is 0 Å². The van der Waals surface area contributed by atoms with Crippen molar-refractivity contribution >= 4 is 0 Å². The van der Waals surface area contributed by atoms with Crippen LogP contribution in [0.15, 0.2) is 0 Å². The molecule has 0 amide bonds. The Labute approximate surface area is 91.5 Å². The van der Waals surface area contributed by atoms with Crippen molar-refractivity contribution in [3.8, 4) is 0 Å². The molecule has 0 rings (SSSR count). The van der Waals surface area contributed by atoms with Gasteiger partial charge in [0.25, 0.3) is 0 Å². The monoisotopic (exact) mass is 201 g/mol. The molecule has 88 valence electrons. The minimum absolute atomic E-state index is 0.125. The summed E-state index contributed by atoms with van der Waals surface area (Å²) < 4.78 is 0. The van der Waals surface area contributed by atoms with E-state index in [9.17, 15) is 0 Å². The number of rotatable bonds is 3. The summed E-state index contributed by atoms with van der Waals surface area (Å²) in [6.45, 7) is 15.4. The summed E-state index contributed by atoms with van der Waals surface area (Å²) in [7, 11) is 0. The SMILES string of the molecule is CCC(C)(C)C.CCC(N)(CC)CC. The van der Waals surface area contributed by atoms with Crippen LogP contribution in [0.1, 0.15) is 74.1 Å². The van der Waals surface area contributed by atoms with Crippen molar-refractivity contribution in [3.05, 3.63) is 0 Å². The fourth-order valence-electron chi connectivity index (χ4n) is 0.750. The van der Waals surface area contributed by atoms with Gasteiger partial charge in [0.1, 0.15) is 0 Å². The highest BCUT2D eigenvalue weighted by Gasteiger charge is 2.15. The van der Waals surface area contributed by atoms with Crippen molar-refractivity contribution in [2.45, 2.75) is 79.7 Å². The van der Waals surface area contributed by atoms with Crippen molar-refractivity contribution in [1.82, 2.24) is 0 Å². The van der Waals surface area contributed by atoms with Crippen LogP contribution >= 0.6 is 0 Å². The minimum atomic E-state index is 0.125. The predicted molar refractivity (Wildman–Crippen MR) is 67.5 cm³/mol. The Morgan fingerprint density at radius 2 is 0.929 bits per heavy atom. The van der Waals surface area contributed by atoms with E-state index >= 15 is 0 Å². The summed E-state index contributed by atoms with van der Waals surface area (Å²) in [5.41, 5.74) is 6.56. The van der Waals surface area contributed by atoms with Gasteiger partial charge in [-0.15, -0.1) is 0 Å². The highest BCUT2D eigenvalue weighted by molar-refractivity contribution is 4.77. The highest BCUT2D eigenvalue weighted by atomic mass is 14.7. The zero-order valence-corrected chi connectivity index (χ0v) is 11.4. The van der Waals surface area contributed by atoms with Gasteiger partial charge in [0, 0.05) is 5.54 Å². The average molecular weight is 201 g/mol. The Hall–Kier alpha value is -0.0400. The van der Waals surface area contributed by atoms with Gasteiger partial charge in [0.2, 0.25) is 0 Å². The van der Waals surface area contributed by atoms with Gasteiger partial charge < -0.3 is 5.73 Å². The van der Waals surface area contributed by atoms with E-state index in [4.69, 9.17) is 5.73 Å². The van der Waals surface area contributed by atoms with E-state index in [0.717, 1.165) is 19.3 Å². The van der Waals surface area contributed by atoms with Gasteiger partial charge in [-0.25, -0.2) is 0 Å². The average Bonchev–Trinajstić information content (AvgIpc) is 2.16. The molecule has 1 nitrogen and oxygen atoms in total. The number of hydrogen-bond donors (Lipinski definition) is 1. The second kappa shape index (κ2) is 7.28. The summed E-state index contributed by atoms with van der Waals surface area (Å²) in [4.78, 5) is 0. The number of nitrogens with two attached hydrogens (primary N) is 1. The maximum absolute atomic E-state index is 5.90. The van der Waals surface area contributed by atoms with Gasteiger partial charge in [-0.05, 0) is 24.7 Å². The molecule has 0 atom stereocenters. The Morgan fingerprint density at radius 3 is 0.929 bits per heavy atom. The lowest BCUT2D eigenvalue weighted by Crippen LogP contribution is -2.37. The third kappa shape index (κ3) is 10.0. The van der Waals surface area contributed by atoms with Crippen LogP contribution in [-0.4, -0.2) is 5.54 Å². The lowest BCUT2D eigenvalue weighted by Gasteiger charge is -2.23. The first-order valence-corrected chi connectivity index (χ1v) is 6.03. The fraction of sp³-hybridized carbons (Fsp3) is 1.00. The Kier molecular flexibility index (Phi) is 8.52. The van der Waals surface area contributed by atoms with Crippen LogP contribution in [0.5, 0.6) is 0 Å². The quantitative estimate of drug-likeness (QED) is 0.721. The summed E-state index contributed by atoms with van der Waals surface area (Å²) in [5, 5.41) is 0. The van der Waals surface area contributed by atoms with Gasteiger partial charge in [-0.3, -0.25) is 0 Å². The molecular weight excluding hydrogens is 170 g/mol. The molecule has 0 unspecified atom stereocenters. The van der Waals surface area contributed by atoms with Gasteiger partial charge in [0.05, 0.1) is 0 Å². The molecule has 0 aliphatic heterocycles. The normalized spacial score (nSPS) is 12.0. The third-order valence-corrected chi connectivity index (χ3v) is 3.17. The molecule has 0 aromatic carbocycles. The molecule has 0 aliphatic carbocycles. The van der Waals surface area contributed by atoms with Crippen LogP contribution in [0.25, 0.3) is 0 Å². The summed E-state index contributed by atoms with van der Waals surface area (Å²) >= 11 is 0. The third-order valence-electron chi connectivity index (χ3n) is 3.17. The van der Waals surface area contributed by atoms with Crippen molar-refractivity contribution in [1.29, 1.82) is 0 Å². The standard InChI is InChI=1S/C7H17N.C6H14/c1-4-7(8,5-2)6-3;1-5-6(2,3)4/h4-6,8H2,1-3H3;5H2,1-4H3. The largest absolute Gasteiger partial charge is 0.325 e. The molecule has 0 saturated carbocycles. The summed E-state index contributed by atoms with van der Waals surface area (Å²) in [5.74, 6) is 0. The number of hydrogen-bond acceptors (Lipinski definition) is 1. The molecular formula is C13H31N. The predicted octanol–water partition coefficient (Wildman–Crippen LogP) is 4.36. The molecule has 0 radical (unpaired) electrons. The van der Waals surface area contributed by atoms with E-state index in [0.29, 0.717) is 5.41 Å². The van der Waals surface area contributed by atoms with E-state index < -0.39 is 0 Å². The molecule has 14 heavy (non-hydrogen) atoms. The molecule has 0 aliphatic rings. The van der Waals surface area contributed by atoms with Crippen LogP contribution in [-0.2, 0) is 0 Å². The van der Waals surface area contributed by atoms with Crippen LogP contribution in [0.2, 0.25) is 0 Å². The molecule has 0 spiro atoms. The molecule has 0 fully saturated rings. The first-order chi connectivity index (χ1) is 6.24. The Bertz CT molecular complexity index is 109. The molecule has 0 bridgehead atoms. The molecule has 1 heteroatoms. The summed E-state index contributed by atoms with van der Waals surface area (Å²) in [6.07, 6.45) is 4.56. The van der Waals surface area contributed by atoms with Gasteiger partial charge in [0.15, 0.2) is 0 Å². The van der Waals surface area contributed by atoms with E-state index in [1.807, 2.05) is 0 Å². The Morgan fingerprint density at radius 1 is 0.714 bits per heavy atom. The van der Waals surface area contributed by atoms with Crippen LogP contribution in [0, 0.1) is 5.41 Å².